The van der Waals surface area contributed by atoms with E-state index < -0.39 is 5.41 Å². The van der Waals surface area contributed by atoms with Gasteiger partial charge in [-0.05, 0) is 80.4 Å². The highest BCUT2D eigenvalue weighted by molar-refractivity contribution is 6.09. The van der Waals surface area contributed by atoms with Crippen LogP contribution in [-0.2, 0) is 5.41 Å². The third-order valence-corrected chi connectivity index (χ3v) is 12.5. The molecule has 0 amide bonds. The largest absolute Gasteiger partial charge is 0.454 e. The second-order valence-electron chi connectivity index (χ2n) is 15.8. The molecule has 0 N–H and O–H groups in total. The van der Waals surface area contributed by atoms with Crippen LogP contribution in [0.2, 0.25) is 0 Å². The zero-order chi connectivity index (χ0) is 41.0. The fourth-order valence-electron chi connectivity index (χ4n) is 9.77. The summed E-state index contributed by atoms with van der Waals surface area (Å²) in [5.41, 5.74) is 18.1. The summed E-state index contributed by atoms with van der Waals surface area (Å²) in [7, 11) is 0. The quantitative estimate of drug-likeness (QED) is 0.161. The fraction of sp³-hybridized carbons (Fsp3) is 0.0172. The van der Waals surface area contributed by atoms with Gasteiger partial charge in [0.05, 0.1) is 16.8 Å². The van der Waals surface area contributed by atoms with Gasteiger partial charge in [0.1, 0.15) is 11.1 Å². The van der Waals surface area contributed by atoms with Gasteiger partial charge in [0.25, 0.3) is 0 Å². The van der Waals surface area contributed by atoms with E-state index >= 15 is 0 Å². The highest BCUT2D eigenvalue weighted by atomic mass is 16.3. The molecule has 8 aromatic carbocycles. The number of aromatic nitrogens is 3. The molecule has 0 aliphatic heterocycles. The van der Waals surface area contributed by atoms with Crippen LogP contribution in [0.25, 0.3) is 89.4 Å². The number of hydrogen-bond donors (Lipinski definition) is 0. The van der Waals surface area contributed by atoms with Gasteiger partial charge in [0.15, 0.2) is 11.4 Å². The second kappa shape index (κ2) is 14.5. The Morgan fingerprint density at radius 3 is 1.76 bits per heavy atom. The molecule has 0 unspecified atom stereocenters. The van der Waals surface area contributed by atoms with E-state index in [-0.39, 0.29) is 0 Å². The van der Waals surface area contributed by atoms with Crippen LogP contribution < -0.4 is 0 Å². The average Bonchev–Trinajstić information content (AvgIpc) is 3.89. The lowest BCUT2D eigenvalue weighted by molar-refractivity contribution is 0.669. The van der Waals surface area contributed by atoms with Gasteiger partial charge in [-0.1, -0.05) is 188 Å². The maximum atomic E-state index is 6.64. The minimum absolute atomic E-state index is 0.515. The fourth-order valence-corrected chi connectivity index (χ4v) is 9.77. The van der Waals surface area contributed by atoms with Gasteiger partial charge < -0.3 is 4.42 Å². The molecular formula is C58H37N3O. The van der Waals surface area contributed by atoms with Crippen LogP contribution in [0.5, 0.6) is 0 Å². The molecule has 0 fully saturated rings. The standard InChI is InChI=1S/C58H37N3O/c1-5-18-38(19-6-1)51-37-52(61-57(60-51)39-20-7-2-8-21-39)48-36-40(32-33-44(48)45-34-35-59-55-47-27-14-16-31-53(47)62-56(45)55)43-28-17-30-50-54(43)46-26-13-15-29-49(46)58(50,41-22-9-3-10-23-41)42-24-11-4-12-25-42/h1-37H. The number of benzene rings is 8. The Balaban J connectivity index is 1.15. The first-order valence-corrected chi connectivity index (χ1v) is 21.0. The van der Waals surface area contributed by atoms with Crippen molar-refractivity contribution in [3.05, 3.63) is 247 Å². The van der Waals surface area contributed by atoms with Crippen molar-refractivity contribution in [2.75, 3.05) is 0 Å². The van der Waals surface area contributed by atoms with E-state index in [1.807, 2.05) is 48.7 Å². The van der Waals surface area contributed by atoms with E-state index in [1.54, 1.807) is 0 Å². The van der Waals surface area contributed by atoms with Gasteiger partial charge in [-0.25, -0.2) is 9.97 Å². The summed E-state index contributed by atoms with van der Waals surface area (Å²) in [5, 5.41) is 0.987. The first-order valence-electron chi connectivity index (χ1n) is 21.0. The molecule has 0 radical (unpaired) electrons. The van der Waals surface area contributed by atoms with E-state index in [9.17, 15) is 0 Å². The van der Waals surface area contributed by atoms with Gasteiger partial charge in [-0.15, -0.1) is 0 Å². The number of furan rings is 1. The van der Waals surface area contributed by atoms with E-state index in [0.29, 0.717) is 5.82 Å². The lowest BCUT2D eigenvalue weighted by Crippen LogP contribution is -2.28. The Kier molecular flexibility index (Phi) is 8.36. The van der Waals surface area contributed by atoms with Crippen LogP contribution in [0.4, 0.5) is 0 Å². The first-order chi connectivity index (χ1) is 30.8. The minimum atomic E-state index is -0.515. The Morgan fingerprint density at radius 1 is 0.387 bits per heavy atom. The molecule has 1 aliphatic rings. The van der Waals surface area contributed by atoms with Crippen molar-refractivity contribution in [2.45, 2.75) is 5.41 Å². The molecule has 0 saturated carbocycles. The van der Waals surface area contributed by atoms with Crippen LogP contribution in [0.15, 0.2) is 229 Å². The van der Waals surface area contributed by atoms with Crippen LogP contribution in [-0.4, -0.2) is 15.0 Å². The van der Waals surface area contributed by atoms with Crippen molar-refractivity contribution >= 4 is 22.1 Å². The van der Waals surface area contributed by atoms with Crippen LogP contribution in [0.1, 0.15) is 22.3 Å². The molecule has 0 spiro atoms. The maximum absolute atomic E-state index is 6.64. The summed E-state index contributed by atoms with van der Waals surface area (Å²) < 4.78 is 6.64. The number of para-hydroxylation sites is 1. The van der Waals surface area contributed by atoms with E-state index in [0.717, 1.165) is 72.4 Å². The second-order valence-corrected chi connectivity index (χ2v) is 15.8. The number of nitrogens with zero attached hydrogens (tertiary/aromatic N) is 3. The lowest BCUT2D eigenvalue weighted by Gasteiger charge is -2.34. The number of hydrogen-bond acceptors (Lipinski definition) is 4. The molecule has 0 saturated heterocycles. The molecule has 11 aromatic rings. The van der Waals surface area contributed by atoms with Crippen molar-refractivity contribution in [1.29, 1.82) is 0 Å². The molecule has 4 heteroatoms. The first kappa shape index (κ1) is 35.7. The molecule has 0 atom stereocenters. The maximum Gasteiger partial charge on any atom is 0.161 e. The van der Waals surface area contributed by atoms with Gasteiger partial charge in [-0.3, -0.25) is 4.98 Å². The van der Waals surface area contributed by atoms with Crippen molar-refractivity contribution in [3.8, 4) is 67.3 Å². The Hall–Kier alpha value is -8.21. The normalized spacial score (nSPS) is 12.6. The molecular weight excluding hydrogens is 755 g/mol. The zero-order valence-electron chi connectivity index (χ0n) is 33.6. The summed E-state index contributed by atoms with van der Waals surface area (Å²) >= 11 is 0. The predicted octanol–water partition coefficient (Wildman–Crippen LogP) is 14.5. The van der Waals surface area contributed by atoms with E-state index in [4.69, 9.17) is 19.4 Å². The van der Waals surface area contributed by atoms with Gasteiger partial charge >= 0.3 is 0 Å². The third kappa shape index (κ3) is 5.58. The highest BCUT2D eigenvalue weighted by Crippen LogP contribution is 2.58. The summed E-state index contributed by atoms with van der Waals surface area (Å²) in [5.74, 6) is 0.659. The van der Waals surface area contributed by atoms with Crippen molar-refractivity contribution in [2.24, 2.45) is 0 Å². The Bertz CT molecular complexity index is 3350. The molecule has 4 nitrogen and oxygen atoms in total. The predicted molar refractivity (Wildman–Crippen MR) is 252 cm³/mol. The van der Waals surface area contributed by atoms with Crippen LogP contribution in [0.3, 0.4) is 0 Å². The molecule has 0 bridgehead atoms. The summed E-state index contributed by atoms with van der Waals surface area (Å²) in [4.78, 5) is 15.4. The van der Waals surface area contributed by atoms with E-state index in [1.165, 1.54) is 33.4 Å². The van der Waals surface area contributed by atoms with Gasteiger partial charge in [0.2, 0.25) is 0 Å². The Labute approximate surface area is 359 Å². The molecule has 3 aromatic heterocycles. The van der Waals surface area contributed by atoms with Crippen molar-refractivity contribution in [3.63, 3.8) is 0 Å². The average molecular weight is 792 g/mol. The molecule has 290 valence electrons. The van der Waals surface area contributed by atoms with Gasteiger partial charge in [0, 0.05) is 33.8 Å². The monoisotopic (exact) mass is 791 g/mol. The summed E-state index contributed by atoms with van der Waals surface area (Å²) in [6, 6.07) is 77.4. The minimum Gasteiger partial charge on any atom is -0.454 e. The Morgan fingerprint density at radius 2 is 1.00 bits per heavy atom. The lowest BCUT2D eigenvalue weighted by atomic mass is 9.67. The topological polar surface area (TPSA) is 51.8 Å². The van der Waals surface area contributed by atoms with Gasteiger partial charge in [-0.2, -0.15) is 0 Å². The SMILES string of the molecule is c1ccc(-c2cc(-c3cc(-c4cccc5c4-c4ccccc4C5(c4ccccc4)c4ccccc4)ccc3-c3ccnc4c3oc3ccccc34)nc(-c3ccccc3)n2)cc1. The highest BCUT2D eigenvalue weighted by Gasteiger charge is 2.46. The third-order valence-electron chi connectivity index (χ3n) is 12.5. The number of rotatable bonds is 7. The number of pyridine rings is 1. The summed E-state index contributed by atoms with van der Waals surface area (Å²) in [6.07, 6.45) is 1.88. The zero-order valence-corrected chi connectivity index (χ0v) is 33.6. The number of fused-ring (bicyclic) bond motifs is 6. The van der Waals surface area contributed by atoms with Crippen LogP contribution in [0, 0.1) is 0 Å². The van der Waals surface area contributed by atoms with Crippen molar-refractivity contribution < 1.29 is 4.42 Å². The van der Waals surface area contributed by atoms with E-state index in [2.05, 4.69) is 176 Å². The molecule has 3 heterocycles. The molecule has 1 aliphatic carbocycles. The smallest absolute Gasteiger partial charge is 0.161 e. The van der Waals surface area contributed by atoms with Crippen LogP contribution >= 0.6 is 0 Å². The van der Waals surface area contributed by atoms with Crippen molar-refractivity contribution in [1.82, 2.24) is 15.0 Å². The molecule has 62 heavy (non-hydrogen) atoms. The molecule has 12 rings (SSSR count). The summed E-state index contributed by atoms with van der Waals surface area (Å²) in [6.45, 7) is 0.